The summed E-state index contributed by atoms with van der Waals surface area (Å²) < 4.78 is 0. The first-order valence-electron chi connectivity index (χ1n) is 5.37. The van der Waals surface area contributed by atoms with Crippen LogP contribution in [-0.4, -0.2) is 10.9 Å². The highest BCUT2D eigenvalue weighted by Crippen LogP contribution is 2.37. The molecule has 2 heteroatoms. The van der Waals surface area contributed by atoms with Crippen molar-refractivity contribution in [1.82, 2.24) is 0 Å². The molecule has 0 aromatic heterocycles. The van der Waals surface area contributed by atoms with Gasteiger partial charge in [0.1, 0.15) is 0 Å². The number of rotatable bonds is 0. The van der Waals surface area contributed by atoms with Gasteiger partial charge in [0.2, 0.25) is 0 Å². The second-order valence-corrected chi connectivity index (χ2v) is 4.98. The highest BCUT2D eigenvalue weighted by atomic mass is 16.4. The Hall–Kier alpha value is -1.31. The number of fused-ring (bicyclic) bond motifs is 1. The molecule has 0 atom stereocenters. The van der Waals surface area contributed by atoms with Gasteiger partial charge in [0.15, 0.2) is 0 Å². The Bertz CT molecular complexity index is 419. The molecule has 2 nitrogen and oxygen atoms in total. The van der Waals surface area contributed by atoms with E-state index in [-0.39, 0.29) is 5.41 Å². The van der Waals surface area contributed by atoms with Gasteiger partial charge in [-0.3, -0.25) is 0 Å². The molecule has 0 saturated heterocycles. The Morgan fingerprint density at radius 3 is 2.73 bits per heavy atom. The Morgan fingerprint density at radius 1 is 1.33 bits per heavy atom. The van der Waals surface area contributed by atoms with Crippen LogP contribution in [0.25, 0.3) is 0 Å². The SMILES string of the molecule is Cc1ccc2c(c1)/C(=N/O)CCC2(C)C. The maximum Gasteiger partial charge on any atom is 0.0871 e. The molecule has 0 spiro atoms. The lowest BCUT2D eigenvalue weighted by atomic mass is 9.72. The largest absolute Gasteiger partial charge is 0.411 e. The van der Waals surface area contributed by atoms with Crippen LogP contribution in [0.5, 0.6) is 0 Å². The molecule has 1 aromatic rings. The minimum Gasteiger partial charge on any atom is -0.411 e. The smallest absolute Gasteiger partial charge is 0.0871 e. The van der Waals surface area contributed by atoms with Gasteiger partial charge in [-0.15, -0.1) is 0 Å². The molecule has 0 radical (unpaired) electrons. The van der Waals surface area contributed by atoms with E-state index in [2.05, 4.69) is 44.1 Å². The second kappa shape index (κ2) is 3.37. The van der Waals surface area contributed by atoms with Gasteiger partial charge in [0, 0.05) is 5.56 Å². The maximum atomic E-state index is 8.99. The molecule has 15 heavy (non-hydrogen) atoms. The van der Waals surface area contributed by atoms with E-state index in [4.69, 9.17) is 5.21 Å². The lowest BCUT2D eigenvalue weighted by Gasteiger charge is -2.32. The number of hydrogen-bond acceptors (Lipinski definition) is 2. The molecule has 0 aliphatic heterocycles. The van der Waals surface area contributed by atoms with E-state index in [9.17, 15) is 0 Å². The summed E-state index contributed by atoms with van der Waals surface area (Å²) in [5, 5.41) is 12.4. The van der Waals surface area contributed by atoms with Crippen LogP contribution >= 0.6 is 0 Å². The molecular formula is C13H17NO. The van der Waals surface area contributed by atoms with Crippen molar-refractivity contribution in [2.24, 2.45) is 5.16 Å². The van der Waals surface area contributed by atoms with Crippen molar-refractivity contribution < 1.29 is 5.21 Å². The van der Waals surface area contributed by atoms with Gasteiger partial charge >= 0.3 is 0 Å². The van der Waals surface area contributed by atoms with Crippen molar-refractivity contribution in [3.63, 3.8) is 0 Å². The van der Waals surface area contributed by atoms with E-state index >= 15 is 0 Å². The standard InChI is InChI=1S/C13H17NO/c1-9-4-5-11-10(8-9)12(14-15)6-7-13(11,2)3/h4-5,8,15H,6-7H2,1-3H3/b14-12+. The van der Waals surface area contributed by atoms with Crippen molar-refractivity contribution in [3.8, 4) is 0 Å². The zero-order chi connectivity index (χ0) is 11.1. The van der Waals surface area contributed by atoms with Gasteiger partial charge in [-0.25, -0.2) is 0 Å². The van der Waals surface area contributed by atoms with E-state index in [1.807, 2.05) is 0 Å². The number of nitrogens with zero attached hydrogens (tertiary/aromatic N) is 1. The highest BCUT2D eigenvalue weighted by Gasteiger charge is 2.30. The lowest BCUT2D eigenvalue weighted by molar-refractivity contribution is 0.315. The van der Waals surface area contributed by atoms with Crippen LogP contribution in [0.3, 0.4) is 0 Å². The van der Waals surface area contributed by atoms with Crippen LogP contribution in [0.15, 0.2) is 23.4 Å². The van der Waals surface area contributed by atoms with Gasteiger partial charge in [0.25, 0.3) is 0 Å². The first-order chi connectivity index (χ1) is 7.04. The molecule has 1 aliphatic carbocycles. The molecule has 0 unspecified atom stereocenters. The topological polar surface area (TPSA) is 32.6 Å². The van der Waals surface area contributed by atoms with E-state index in [1.54, 1.807) is 0 Å². The van der Waals surface area contributed by atoms with Gasteiger partial charge < -0.3 is 5.21 Å². The number of oxime groups is 1. The molecule has 0 bridgehead atoms. The van der Waals surface area contributed by atoms with Crippen molar-refractivity contribution in [2.45, 2.75) is 39.0 Å². The molecule has 1 aliphatic rings. The van der Waals surface area contributed by atoms with Crippen LogP contribution in [0.4, 0.5) is 0 Å². The van der Waals surface area contributed by atoms with Crippen LogP contribution in [0, 0.1) is 6.92 Å². The maximum absolute atomic E-state index is 8.99. The zero-order valence-corrected chi connectivity index (χ0v) is 9.54. The number of benzene rings is 1. The van der Waals surface area contributed by atoms with Crippen LogP contribution in [0.1, 0.15) is 43.4 Å². The zero-order valence-electron chi connectivity index (χ0n) is 9.54. The Morgan fingerprint density at radius 2 is 2.07 bits per heavy atom. The first-order valence-corrected chi connectivity index (χ1v) is 5.37. The van der Waals surface area contributed by atoms with Crippen molar-refractivity contribution in [1.29, 1.82) is 0 Å². The first kappa shape index (κ1) is 10.2. The lowest BCUT2D eigenvalue weighted by Crippen LogP contribution is -2.27. The van der Waals surface area contributed by atoms with Gasteiger partial charge in [-0.2, -0.15) is 0 Å². The predicted molar refractivity (Wildman–Crippen MR) is 61.8 cm³/mol. The summed E-state index contributed by atoms with van der Waals surface area (Å²) >= 11 is 0. The highest BCUT2D eigenvalue weighted by molar-refractivity contribution is 6.03. The van der Waals surface area contributed by atoms with E-state index in [0.29, 0.717) is 0 Å². The summed E-state index contributed by atoms with van der Waals surface area (Å²) in [5.74, 6) is 0. The third-order valence-corrected chi connectivity index (χ3v) is 3.32. The Kier molecular flexibility index (Phi) is 2.29. The molecule has 0 saturated carbocycles. The number of aryl methyl sites for hydroxylation is 1. The summed E-state index contributed by atoms with van der Waals surface area (Å²) in [7, 11) is 0. The Balaban J connectivity index is 2.64. The van der Waals surface area contributed by atoms with Crippen LogP contribution in [0.2, 0.25) is 0 Å². The van der Waals surface area contributed by atoms with Gasteiger partial charge in [-0.1, -0.05) is 36.7 Å². The monoisotopic (exact) mass is 203 g/mol. The molecule has 0 heterocycles. The van der Waals surface area contributed by atoms with E-state index in [1.165, 1.54) is 11.1 Å². The molecule has 1 aromatic carbocycles. The molecule has 2 rings (SSSR count). The third kappa shape index (κ3) is 1.65. The van der Waals surface area contributed by atoms with Crippen molar-refractivity contribution in [3.05, 3.63) is 34.9 Å². The minimum atomic E-state index is 0.192. The summed E-state index contributed by atoms with van der Waals surface area (Å²) in [6.07, 6.45) is 1.91. The average molecular weight is 203 g/mol. The van der Waals surface area contributed by atoms with Crippen molar-refractivity contribution >= 4 is 5.71 Å². The Labute approximate surface area is 90.6 Å². The normalized spacial score (nSPS) is 21.4. The van der Waals surface area contributed by atoms with Gasteiger partial charge in [-0.05, 0) is 36.8 Å². The van der Waals surface area contributed by atoms with Crippen LogP contribution < -0.4 is 0 Å². The summed E-state index contributed by atoms with van der Waals surface area (Å²) in [6, 6.07) is 6.40. The van der Waals surface area contributed by atoms with E-state index < -0.39 is 0 Å². The summed E-state index contributed by atoms with van der Waals surface area (Å²) in [4.78, 5) is 0. The fourth-order valence-electron chi connectivity index (χ4n) is 2.29. The molecular weight excluding hydrogens is 186 g/mol. The second-order valence-electron chi connectivity index (χ2n) is 4.98. The van der Waals surface area contributed by atoms with Crippen molar-refractivity contribution in [2.75, 3.05) is 0 Å². The third-order valence-electron chi connectivity index (χ3n) is 3.32. The van der Waals surface area contributed by atoms with Gasteiger partial charge in [0.05, 0.1) is 5.71 Å². The molecule has 0 amide bonds. The predicted octanol–water partition coefficient (Wildman–Crippen LogP) is 3.24. The fourth-order valence-corrected chi connectivity index (χ4v) is 2.29. The summed E-state index contributed by atoms with van der Waals surface area (Å²) in [5.41, 5.74) is 4.65. The van der Waals surface area contributed by atoms with Crippen LogP contribution in [-0.2, 0) is 5.41 Å². The minimum absolute atomic E-state index is 0.192. The molecule has 0 fully saturated rings. The quantitative estimate of drug-likeness (QED) is 0.509. The molecule has 1 N–H and O–H groups in total. The summed E-state index contributed by atoms with van der Waals surface area (Å²) in [6.45, 7) is 6.56. The van der Waals surface area contributed by atoms with E-state index in [0.717, 1.165) is 24.1 Å². The number of hydrogen-bond donors (Lipinski definition) is 1. The molecule has 80 valence electrons. The fraction of sp³-hybridized carbons (Fsp3) is 0.462. The average Bonchev–Trinajstić information content (AvgIpc) is 2.17.